The van der Waals surface area contributed by atoms with Crippen molar-refractivity contribution >= 4 is 21.5 Å². The molecule has 0 amide bonds. The maximum absolute atomic E-state index is 4.82. The molecule has 0 fully saturated rings. The zero-order valence-electron chi connectivity index (χ0n) is 18.5. The van der Waals surface area contributed by atoms with Crippen LogP contribution in [0.15, 0.2) is 121 Å². The van der Waals surface area contributed by atoms with Crippen LogP contribution < -0.4 is 0 Å². The fraction of sp³-hybridized carbons (Fsp3) is 0.0312. The first-order chi connectivity index (χ1) is 16.2. The highest BCUT2D eigenvalue weighted by atomic mass is 14.7. The summed E-state index contributed by atoms with van der Waals surface area (Å²) < 4.78 is 0. The molecule has 5 aromatic carbocycles. The Morgan fingerprint density at radius 3 is 1.85 bits per heavy atom. The fourth-order valence-electron chi connectivity index (χ4n) is 4.52. The quantitative estimate of drug-likeness (QED) is 0.278. The minimum absolute atomic E-state index is 0.999. The van der Waals surface area contributed by atoms with Crippen LogP contribution in [0, 0.1) is 6.92 Å². The second-order valence-electron chi connectivity index (χ2n) is 8.60. The van der Waals surface area contributed by atoms with Gasteiger partial charge in [-0.05, 0) is 63.4 Å². The molecule has 0 aliphatic rings. The van der Waals surface area contributed by atoms with Crippen LogP contribution >= 0.6 is 0 Å². The predicted molar refractivity (Wildman–Crippen MR) is 140 cm³/mol. The average molecular weight is 422 g/mol. The van der Waals surface area contributed by atoms with Crippen LogP contribution in [0.1, 0.15) is 5.56 Å². The predicted octanol–water partition coefficient (Wildman–Crippen LogP) is 8.70. The lowest BCUT2D eigenvalue weighted by Gasteiger charge is -2.09. The van der Waals surface area contributed by atoms with Gasteiger partial charge in [-0.1, -0.05) is 103 Å². The molecule has 0 atom stereocenters. The maximum atomic E-state index is 4.82. The van der Waals surface area contributed by atoms with Crippen molar-refractivity contribution in [1.82, 2.24) is 4.98 Å². The Morgan fingerprint density at radius 1 is 0.485 bits per heavy atom. The van der Waals surface area contributed by atoms with Gasteiger partial charge < -0.3 is 0 Å². The van der Waals surface area contributed by atoms with Gasteiger partial charge in [0, 0.05) is 17.3 Å². The lowest BCUT2D eigenvalue weighted by Crippen LogP contribution is -1.87. The topological polar surface area (TPSA) is 12.9 Å². The summed E-state index contributed by atoms with van der Waals surface area (Å²) in [6.07, 6.45) is 1.99. The molecule has 0 saturated heterocycles. The second-order valence-corrected chi connectivity index (χ2v) is 8.60. The van der Waals surface area contributed by atoms with E-state index in [0.29, 0.717) is 0 Å². The molecule has 156 valence electrons. The van der Waals surface area contributed by atoms with E-state index in [4.69, 9.17) is 4.98 Å². The van der Waals surface area contributed by atoms with E-state index in [2.05, 4.69) is 122 Å². The number of pyridine rings is 1. The Hall–Kier alpha value is -4.23. The first-order valence-electron chi connectivity index (χ1n) is 11.3. The Bertz CT molecular complexity index is 1590. The standard InChI is InChI=1S/C32H23N/c1-22-9-11-23(12-10-22)25-13-14-27-20-28(16-15-26(27)19-25)29-17-18-32(33-21-29)31-8-4-6-24-5-2-3-7-30(24)31/h2-21H,1H3. The normalized spacial score (nSPS) is 11.2. The molecular formula is C32H23N. The molecule has 0 aliphatic carbocycles. The van der Waals surface area contributed by atoms with Crippen LogP contribution in [0.3, 0.4) is 0 Å². The minimum atomic E-state index is 0.999. The van der Waals surface area contributed by atoms with Crippen molar-refractivity contribution in [1.29, 1.82) is 0 Å². The maximum Gasteiger partial charge on any atom is 0.0708 e. The molecule has 1 aromatic heterocycles. The van der Waals surface area contributed by atoms with Gasteiger partial charge in [0.15, 0.2) is 0 Å². The molecule has 0 bridgehead atoms. The highest BCUT2D eigenvalue weighted by Gasteiger charge is 2.07. The Morgan fingerprint density at radius 2 is 1.12 bits per heavy atom. The molecule has 1 nitrogen and oxygen atoms in total. The van der Waals surface area contributed by atoms with Gasteiger partial charge in [0.05, 0.1) is 5.69 Å². The van der Waals surface area contributed by atoms with Crippen molar-refractivity contribution in [3.05, 3.63) is 127 Å². The van der Waals surface area contributed by atoms with E-state index in [9.17, 15) is 0 Å². The zero-order valence-corrected chi connectivity index (χ0v) is 18.5. The van der Waals surface area contributed by atoms with E-state index < -0.39 is 0 Å². The summed E-state index contributed by atoms with van der Waals surface area (Å²) in [5.41, 5.74) is 8.26. The zero-order chi connectivity index (χ0) is 22.2. The summed E-state index contributed by atoms with van der Waals surface area (Å²) in [5.74, 6) is 0. The van der Waals surface area contributed by atoms with Crippen molar-refractivity contribution < 1.29 is 0 Å². The van der Waals surface area contributed by atoms with Gasteiger partial charge in [-0.15, -0.1) is 0 Å². The van der Waals surface area contributed by atoms with Gasteiger partial charge in [0.1, 0.15) is 0 Å². The van der Waals surface area contributed by atoms with Crippen LogP contribution in [-0.2, 0) is 0 Å². The lowest BCUT2D eigenvalue weighted by molar-refractivity contribution is 1.33. The molecule has 0 N–H and O–H groups in total. The Labute approximate surface area is 194 Å². The fourth-order valence-corrected chi connectivity index (χ4v) is 4.52. The van der Waals surface area contributed by atoms with Crippen molar-refractivity contribution in [3.63, 3.8) is 0 Å². The number of aromatic nitrogens is 1. The first-order valence-corrected chi connectivity index (χ1v) is 11.3. The monoisotopic (exact) mass is 421 g/mol. The molecule has 0 spiro atoms. The largest absolute Gasteiger partial charge is 0.256 e. The van der Waals surface area contributed by atoms with Gasteiger partial charge in [0.2, 0.25) is 0 Å². The van der Waals surface area contributed by atoms with E-state index in [1.165, 1.54) is 49.4 Å². The Kier molecular flexibility index (Phi) is 4.74. The molecule has 0 unspecified atom stereocenters. The summed E-state index contributed by atoms with van der Waals surface area (Å²) in [4.78, 5) is 4.82. The van der Waals surface area contributed by atoms with E-state index in [-0.39, 0.29) is 0 Å². The number of benzene rings is 5. The van der Waals surface area contributed by atoms with Crippen LogP contribution in [0.2, 0.25) is 0 Å². The van der Waals surface area contributed by atoms with Crippen molar-refractivity contribution in [3.8, 4) is 33.5 Å². The smallest absolute Gasteiger partial charge is 0.0708 e. The van der Waals surface area contributed by atoms with Gasteiger partial charge in [-0.2, -0.15) is 0 Å². The van der Waals surface area contributed by atoms with Crippen LogP contribution in [0.4, 0.5) is 0 Å². The number of nitrogens with zero attached hydrogens (tertiary/aromatic N) is 1. The van der Waals surface area contributed by atoms with E-state index in [0.717, 1.165) is 11.3 Å². The van der Waals surface area contributed by atoms with E-state index >= 15 is 0 Å². The average Bonchev–Trinajstić information content (AvgIpc) is 2.88. The van der Waals surface area contributed by atoms with Crippen LogP contribution in [0.5, 0.6) is 0 Å². The minimum Gasteiger partial charge on any atom is -0.256 e. The van der Waals surface area contributed by atoms with E-state index in [1.807, 2.05) is 6.20 Å². The number of rotatable bonds is 3. The molecule has 0 radical (unpaired) electrons. The number of fused-ring (bicyclic) bond motifs is 2. The summed E-state index contributed by atoms with van der Waals surface area (Å²) in [6, 6.07) is 41.2. The van der Waals surface area contributed by atoms with Gasteiger partial charge in [0.25, 0.3) is 0 Å². The third kappa shape index (κ3) is 3.68. The second kappa shape index (κ2) is 8.03. The molecule has 6 rings (SSSR count). The summed E-state index contributed by atoms with van der Waals surface area (Å²) >= 11 is 0. The van der Waals surface area contributed by atoms with Crippen LogP contribution in [0.25, 0.3) is 55.1 Å². The summed E-state index contributed by atoms with van der Waals surface area (Å²) in [7, 11) is 0. The molecule has 1 heteroatoms. The molecule has 0 saturated carbocycles. The van der Waals surface area contributed by atoms with Crippen molar-refractivity contribution in [2.24, 2.45) is 0 Å². The third-order valence-electron chi connectivity index (χ3n) is 6.39. The first kappa shape index (κ1) is 19.5. The third-order valence-corrected chi connectivity index (χ3v) is 6.39. The number of aryl methyl sites for hydroxylation is 1. The SMILES string of the molecule is Cc1ccc(-c2ccc3cc(-c4ccc(-c5cccc6ccccc56)nc4)ccc3c2)cc1. The molecule has 33 heavy (non-hydrogen) atoms. The van der Waals surface area contributed by atoms with Crippen molar-refractivity contribution in [2.45, 2.75) is 6.92 Å². The molecule has 0 aliphatic heterocycles. The van der Waals surface area contributed by atoms with E-state index in [1.54, 1.807) is 0 Å². The molecule has 1 heterocycles. The lowest BCUT2D eigenvalue weighted by atomic mass is 9.97. The number of hydrogen-bond donors (Lipinski definition) is 0. The van der Waals surface area contributed by atoms with Gasteiger partial charge in [-0.25, -0.2) is 0 Å². The van der Waals surface area contributed by atoms with Crippen LogP contribution in [-0.4, -0.2) is 4.98 Å². The Balaban J connectivity index is 1.33. The summed E-state index contributed by atoms with van der Waals surface area (Å²) in [5, 5.41) is 4.95. The molecular weight excluding hydrogens is 398 g/mol. The summed E-state index contributed by atoms with van der Waals surface area (Å²) in [6.45, 7) is 2.12. The van der Waals surface area contributed by atoms with Gasteiger partial charge >= 0.3 is 0 Å². The highest BCUT2D eigenvalue weighted by Crippen LogP contribution is 2.31. The molecule has 6 aromatic rings. The number of hydrogen-bond acceptors (Lipinski definition) is 1. The van der Waals surface area contributed by atoms with Crippen molar-refractivity contribution in [2.75, 3.05) is 0 Å². The highest BCUT2D eigenvalue weighted by molar-refractivity contribution is 5.96. The van der Waals surface area contributed by atoms with Gasteiger partial charge in [-0.3, -0.25) is 4.98 Å².